The Hall–Kier alpha value is -0.800. The van der Waals surface area contributed by atoms with E-state index in [1.54, 1.807) is 12.1 Å². The van der Waals surface area contributed by atoms with Crippen molar-refractivity contribution < 1.29 is 4.92 Å². The summed E-state index contributed by atoms with van der Waals surface area (Å²) in [4.78, 5) is 10.4. The van der Waals surface area contributed by atoms with Crippen LogP contribution in [0.1, 0.15) is 37.1 Å². The first-order valence-corrected chi connectivity index (χ1v) is 5.95. The lowest BCUT2D eigenvalue weighted by Crippen LogP contribution is -1.98. The zero-order chi connectivity index (χ0) is 12.1. The van der Waals surface area contributed by atoms with E-state index in [1.807, 2.05) is 0 Å². The van der Waals surface area contributed by atoms with Gasteiger partial charge in [0.1, 0.15) is 0 Å². The minimum atomic E-state index is -0.442. The smallest absolute Gasteiger partial charge is 0.258 e. The number of nitrogens with zero attached hydrogens (tertiary/aromatic N) is 1. The average molecular weight is 262 g/mol. The second-order valence-electron chi connectivity index (χ2n) is 3.57. The molecule has 0 saturated heterocycles. The Morgan fingerprint density at radius 3 is 2.75 bits per heavy atom. The molecule has 1 atom stereocenters. The maximum Gasteiger partial charge on any atom is 0.275 e. The van der Waals surface area contributed by atoms with Gasteiger partial charge in [-0.1, -0.05) is 31.4 Å². The summed E-state index contributed by atoms with van der Waals surface area (Å²) in [6, 6.07) is 4.61. The SMILES string of the molecule is CCCCC(Cl)c1ccc(Cl)cc1[N+](=O)[O-]. The highest BCUT2D eigenvalue weighted by molar-refractivity contribution is 6.30. The highest BCUT2D eigenvalue weighted by atomic mass is 35.5. The average Bonchev–Trinajstić information content (AvgIpc) is 2.25. The Balaban J connectivity index is 2.98. The molecule has 0 aliphatic carbocycles. The number of halogens is 2. The second-order valence-corrected chi connectivity index (χ2v) is 4.53. The van der Waals surface area contributed by atoms with Crippen molar-refractivity contribution in [3.8, 4) is 0 Å². The molecule has 3 nitrogen and oxygen atoms in total. The van der Waals surface area contributed by atoms with Crippen LogP contribution in [0.5, 0.6) is 0 Å². The molecule has 0 fully saturated rings. The Bertz CT molecular complexity index is 382. The van der Waals surface area contributed by atoms with E-state index in [4.69, 9.17) is 23.2 Å². The lowest BCUT2D eigenvalue weighted by atomic mass is 10.0. The lowest BCUT2D eigenvalue weighted by molar-refractivity contribution is -0.385. The zero-order valence-corrected chi connectivity index (χ0v) is 10.5. The van der Waals surface area contributed by atoms with Gasteiger partial charge in [0, 0.05) is 16.7 Å². The molecular weight excluding hydrogens is 249 g/mol. The molecule has 16 heavy (non-hydrogen) atoms. The summed E-state index contributed by atoms with van der Waals surface area (Å²) in [6.07, 6.45) is 2.71. The summed E-state index contributed by atoms with van der Waals surface area (Å²) in [5.74, 6) is 0. The van der Waals surface area contributed by atoms with E-state index < -0.39 is 4.92 Å². The van der Waals surface area contributed by atoms with Crippen molar-refractivity contribution in [1.82, 2.24) is 0 Å². The Labute approximate surface area is 105 Å². The van der Waals surface area contributed by atoms with E-state index >= 15 is 0 Å². The molecule has 1 rings (SSSR count). The molecule has 0 aromatic heterocycles. The highest BCUT2D eigenvalue weighted by Gasteiger charge is 2.20. The van der Waals surface area contributed by atoms with Gasteiger partial charge in [-0.15, -0.1) is 11.6 Å². The zero-order valence-electron chi connectivity index (χ0n) is 8.95. The molecule has 0 bridgehead atoms. The van der Waals surface area contributed by atoms with Gasteiger partial charge in [-0.2, -0.15) is 0 Å². The number of unbranched alkanes of at least 4 members (excludes halogenated alkanes) is 1. The molecule has 0 amide bonds. The number of hydrogen-bond acceptors (Lipinski definition) is 2. The molecule has 5 heteroatoms. The van der Waals surface area contributed by atoms with Gasteiger partial charge in [0.2, 0.25) is 0 Å². The van der Waals surface area contributed by atoms with Crippen LogP contribution < -0.4 is 0 Å². The van der Waals surface area contributed by atoms with Crippen LogP contribution in [-0.2, 0) is 0 Å². The Morgan fingerprint density at radius 1 is 1.50 bits per heavy atom. The van der Waals surface area contributed by atoms with E-state index in [9.17, 15) is 10.1 Å². The van der Waals surface area contributed by atoms with Gasteiger partial charge < -0.3 is 0 Å². The molecule has 0 saturated carbocycles. The Kier molecular flexibility index (Phi) is 5.03. The van der Waals surface area contributed by atoms with E-state index in [0.717, 1.165) is 19.3 Å². The first-order valence-electron chi connectivity index (χ1n) is 5.14. The van der Waals surface area contributed by atoms with Crippen LogP contribution in [0.4, 0.5) is 5.69 Å². The van der Waals surface area contributed by atoms with Crippen molar-refractivity contribution in [1.29, 1.82) is 0 Å². The molecule has 0 aliphatic rings. The monoisotopic (exact) mass is 261 g/mol. The molecular formula is C11H13Cl2NO2. The van der Waals surface area contributed by atoms with E-state index in [-0.39, 0.29) is 11.1 Å². The van der Waals surface area contributed by atoms with Gasteiger partial charge in [-0.25, -0.2) is 0 Å². The molecule has 0 radical (unpaired) electrons. The summed E-state index contributed by atoms with van der Waals surface area (Å²) in [5.41, 5.74) is 0.549. The predicted octanol–water partition coefficient (Wildman–Crippen LogP) is 4.72. The van der Waals surface area contributed by atoms with Crippen LogP contribution >= 0.6 is 23.2 Å². The number of benzene rings is 1. The van der Waals surface area contributed by atoms with Gasteiger partial charge in [-0.3, -0.25) is 10.1 Å². The fraction of sp³-hybridized carbons (Fsp3) is 0.455. The maximum atomic E-state index is 10.8. The number of hydrogen-bond donors (Lipinski definition) is 0. The third-order valence-electron chi connectivity index (χ3n) is 2.34. The minimum Gasteiger partial charge on any atom is -0.258 e. The number of nitro benzene ring substituents is 1. The van der Waals surface area contributed by atoms with Crippen molar-refractivity contribution in [3.05, 3.63) is 38.9 Å². The van der Waals surface area contributed by atoms with E-state index in [1.165, 1.54) is 6.07 Å². The standard InChI is InChI=1S/C11H13Cl2NO2/c1-2-3-4-10(13)9-6-5-8(12)7-11(9)14(15)16/h5-7,10H,2-4H2,1H3. The van der Waals surface area contributed by atoms with Gasteiger partial charge >= 0.3 is 0 Å². The first-order chi connectivity index (χ1) is 7.56. The largest absolute Gasteiger partial charge is 0.275 e. The van der Waals surface area contributed by atoms with Gasteiger partial charge in [-0.05, 0) is 18.6 Å². The second kappa shape index (κ2) is 6.06. The van der Waals surface area contributed by atoms with Crippen LogP contribution in [0.25, 0.3) is 0 Å². The quantitative estimate of drug-likeness (QED) is 0.437. The maximum absolute atomic E-state index is 10.8. The summed E-state index contributed by atoms with van der Waals surface area (Å²) in [7, 11) is 0. The molecule has 0 heterocycles. The van der Waals surface area contributed by atoms with Crippen LogP contribution in [0.2, 0.25) is 5.02 Å². The van der Waals surface area contributed by atoms with Crippen molar-refractivity contribution in [3.63, 3.8) is 0 Å². The van der Waals surface area contributed by atoms with Crippen molar-refractivity contribution in [2.75, 3.05) is 0 Å². The third-order valence-corrected chi connectivity index (χ3v) is 3.03. The minimum absolute atomic E-state index is 0.00334. The van der Waals surface area contributed by atoms with E-state index in [0.29, 0.717) is 10.6 Å². The van der Waals surface area contributed by atoms with Crippen LogP contribution in [0.3, 0.4) is 0 Å². The topological polar surface area (TPSA) is 43.1 Å². The lowest BCUT2D eigenvalue weighted by Gasteiger charge is -2.09. The number of rotatable bonds is 5. The summed E-state index contributed by atoms with van der Waals surface area (Å²) < 4.78 is 0. The summed E-state index contributed by atoms with van der Waals surface area (Å²) in [5, 5.41) is 10.9. The molecule has 1 aromatic carbocycles. The first kappa shape index (κ1) is 13.3. The fourth-order valence-electron chi connectivity index (χ4n) is 1.48. The summed E-state index contributed by atoms with van der Waals surface area (Å²) in [6.45, 7) is 2.06. The highest BCUT2D eigenvalue weighted by Crippen LogP contribution is 2.34. The van der Waals surface area contributed by atoms with Crippen molar-refractivity contribution in [2.24, 2.45) is 0 Å². The normalized spacial score (nSPS) is 12.4. The number of nitro groups is 1. The van der Waals surface area contributed by atoms with Crippen LogP contribution in [0.15, 0.2) is 18.2 Å². The molecule has 0 N–H and O–H groups in total. The van der Waals surface area contributed by atoms with Crippen LogP contribution in [-0.4, -0.2) is 4.92 Å². The fourth-order valence-corrected chi connectivity index (χ4v) is 1.98. The van der Waals surface area contributed by atoms with Gasteiger partial charge in [0.05, 0.1) is 10.3 Å². The number of alkyl halides is 1. The molecule has 88 valence electrons. The summed E-state index contributed by atoms with van der Waals surface area (Å²) >= 11 is 11.9. The van der Waals surface area contributed by atoms with Crippen molar-refractivity contribution in [2.45, 2.75) is 31.6 Å². The van der Waals surface area contributed by atoms with Crippen molar-refractivity contribution >= 4 is 28.9 Å². The molecule has 1 unspecified atom stereocenters. The van der Waals surface area contributed by atoms with E-state index in [2.05, 4.69) is 6.92 Å². The third kappa shape index (κ3) is 3.35. The molecule has 0 aliphatic heterocycles. The molecule has 0 spiro atoms. The van der Waals surface area contributed by atoms with Gasteiger partial charge in [0.25, 0.3) is 5.69 Å². The predicted molar refractivity (Wildman–Crippen MR) is 66.2 cm³/mol. The molecule has 1 aromatic rings. The Morgan fingerprint density at radius 2 is 2.19 bits per heavy atom. The van der Waals surface area contributed by atoms with Gasteiger partial charge in [0.15, 0.2) is 0 Å². The van der Waals surface area contributed by atoms with Crippen LogP contribution in [0, 0.1) is 10.1 Å².